The van der Waals surface area contributed by atoms with Crippen molar-refractivity contribution in [1.29, 1.82) is 0 Å². The predicted octanol–water partition coefficient (Wildman–Crippen LogP) is 4.79. The van der Waals surface area contributed by atoms with E-state index in [2.05, 4.69) is 55.3 Å². The summed E-state index contributed by atoms with van der Waals surface area (Å²) < 4.78 is 2.12. The number of thiophene rings is 1. The molecular formula is C23H20N6S. The molecule has 0 bridgehead atoms. The summed E-state index contributed by atoms with van der Waals surface area (Å²) >= 11 is 1.68. The van der Waals surface area contributed by atoms with Gasteiger partial charge in [-0.05, 0) is 48.6 Å². The molecule has 1 aliphatic rings. The molecule has 0 saturated carbocycles. The quantitative estimate of drug-likeness (QED) is 0.427. The molecule has 0 N–H and O–H groups in total. The summed E-state index contributed by atoms with van der Waals surface area (Å²) in [6.07, 6.45) is 4.12. The molecule has 1 aromatic carbocycles. The molecule has 0 aliphatic carbocycles. The third-order valence-electron chi connectivity index (χ3n) is 5.82. The normalized spacial score (nSPS) is 15.3. The average molecular weight is 413 g/mol. The van der Waals surface area contributed by atoms with Crippen LogP contribution in [0.3, 0.4) is 0 Å². The highest BCUT2D eigenvalue weighted by atomic mass is 32.1. The van der Waals surface area contributed by atoms with Crippen molar-refractivity contribution in [3.8, 4) is 10.7 Å². The van der Waals surface area contributed by atoms with E-state index in [4.69, 9.17) is 9.97 Å². The molecule has 0 unspecified atom stereocenters. The maximum Gasteiger partial charge on any atom is 0.172 e. The molecule has 6 nitrogen and oxygen atoms in total. The zero-order valence-electron chi connectivity index (χ0n) is 16.3. The lowest BCUT2D eigenvalue weighted by atomic mass is 9.95. The topological polar surface area (TPSA) is 59.2 Å². The van der Waals surface area contributed by atoms with Gasteiger partial charge in [0.15, 0.2) is 11.5 Å². The van der Waals surface area contributed by atoms with Crippen LogP contribution < -0.4 is 4.90 Å². The number of anilines is 1. The van der Waals surface area contributed by atoms with E-state index >= 15 is 0 Å². The molecule has 148 valence electrons. The van der Waals surface area contributed by atoms with Crippen LogP contribution in [0.4, 0.5) is 5.82 Å². The van der Waals surface area contributed by atoms with E-state index in [0.29, 0.717) is 5.92 Å². The number of nitrogens with zero attached hydrogens (tertiary/aromatic N) is 6. The minimum Gasteiger partial charge on any atom is -0.356 e. The average Bonchev–Trinajstić information content (AvgIpc) is 3.49. The Morgan fingerprint density at radius 3 is 2.60 bits per heavy atom. The molecule has 5 heterocycles. The van der Waals surface area contributed by atoms with Gasteiger partial charge in [-0.3, -0.25) is 4.40 Å². The first-order valence-corrected chi connectivity index (χ1v) is 11.1. The van der Waals surface area contributed by atoms with E-state index in [1.165, 1.54) is 0 Å². The van der Waals surface area contributed by atoms with E-state index in [1.807, 2.05) is 30.3 Å². The zero-order chi connectivity index (χ0) is 19.9. The molecule has 0 amide bonds. The molecule has 6 rings (SSSR count). The van der Waals surface area contributed by atoms with Gasteiger partial charge in [-0.25, -0.2) is 9.97 Å². The summed E-state index contributed by atoms with van der Waals surface area (Å²) in [6, 6.07) is 18.5. The van der Waals surface area contributed by atoms with E-state index in [1.54, 1.807) is 11.3 Å². The molecular weight excluding hydrogens is 392 g/mol. The van der Waals surface area contributed by atoms with Gasteiger partial charge in [0.25, 0.3) is 0 Å². The fourth-order valence-corrected chi connectivity index (χ4v) is 4.96. The maximum absolute atomic E-state index is 5.00. The predicted molar refractivity (Wildman–Crippen MR) is 120 cm³/mol. The Morgan fingerprint density at radius 1 is 0.867 bits per heavy atom. The molecule has 0 atom stereocenters. The van der Waals surface area contributed by atoms with Crippen molar-refractivity contribution in [3.05, 3.63) is 72.0 Å². The summed E-state index contributed by atoms with van der Waals surface area (Å²) in [7, 11) is 0. The third-order valence-corrected chi connectivity index (χ3v) is 6.69. The van der Waals surface area contributed by atoms with Gasteiger partial charge in [-0.15, -0.1) is 21.5 Å². The molecule has 1 aliphatic heterocycles. The summed E-state index contributed by atoms with van der Waals surface area (Å²) in [5, 5.41) is 12.0. The Bertz CT molecular complexity index is 1320. The van der Waals surface area contributed by atoms with Gasteiger partial charge in [-0.2, -0.15) is 0 Å². The van der Waals surface area contributed by atoms with Crippen LogP contribution in [0.25, 0.3) is 27.3 Å². The van der Waals surface area contributed by atoms with E-state index < -0.39 is 0 Å². The Morgan fingerprint density at radius 2 is 1.73 bits per heavy atom. The number of para-hydroxylation sites is 1. The molecule has 7 heteroatoms. The van der Waals surface area contributed by atoms with Crippen LogP contribution in [0.2, 0.25) is 0 Å². The molecule has 0 spiro atoms. The maximum atomic E-state index is 5.00. The van der Waals surface area contributed by atoms with Crippen LogP contribution in [0, 0.1) is 0 Å². The number of hydrogen-bond acceptors (Lipinski definition) is 6. The summed E-state index contributed by atoms with van der Waals surface area (Å²) in [5.74, 6) is 3.32. The Kier molecular flexibility index (Phi) is 4.19. The first kappa shape index (κ1) is 17.5. The van der Waals surface area contributed by atoms with Gasteiger partial charge in [0.05, 0.1) is 10.4 Å². The second kappa shape index (κ2) is 7.18. The molecule has 5 aromatic rings. The highest BCUT2D eigenvalue weighted by Gasteiger charge is 2.26. The van der Waals surface area contributed by atoms with E-state index in [-0.39, 0.29) is 0 Å². The number of benzene rings is 1. The van der Waals surface area contributed by atoms with Crippen molar-refractivity contribution in [3.63, 3.8) is 0 Å². The third kappa shape index (κ3) is 2.93. The smallest absolute Gasteiger partial charge is 0.172 e. The monoisotopic (exact) mass is 412 g/mol. The molecule has 1 saturated heterocycles. The number of hydrogen-bond donors (Lipinski definition) is 0. The fourth-order valence-electron chi connectivity index (χ4n) is 4.30. The van der Waals surface area contributed by atoms with Gasteiger partial charge in [0, 0.05) is 30.6 Å². The van der Waals surface area contributed by atoms with Crippen LogP contribution in [-0.2, 0) is 0 Å². The van der Waals surface area contributed by atoms with Crippen LogP contribution in [0.5, 0.6) is 0 Å². The second-order valence-electron chi connectivity index (χ2n) is 7.61. The summed E-state index contributed by atoms with van der Waals surface area (Å²) in [4.78, 5) is 13.3. The Labute approximate surface area is 177 Å². The lowest BCUT2D eigenvalue weighted by molar-refractivity contribution is 0.481. The lowest BCUT2D eigenvalue weighted by Crippen LogP contribution is -2.34. The SMILES string of the molecule is c1csc(-c2nc(N3CCC(c4nnc5ccccn45)CC3)c3ccccc3n2)c1. The Balaban J connectivity index is 1.33. The molecule has 1 fully saturated rings. The molecule has 4 aromatic heterocycles. The van der Waals surface area contributed by atoms with E-state index in [9.17, 15) is 0 Å². The first-order valence-electron chi connectivity index (χ1n) is 10.2. The second-order valence-corrected chi connectivity index (χ2v) is 8.56. The number of piperidine rings is 1. The minimum absolute atomic E-state index is 0.406. The van der Waals surface area contributed by atoms with E-state index in [0.717, 1.165) is 64.8 Å². The van der Waals surface area contributed by atoms with Crippen molar-refractivity contribution in [2.45, 2.75) is 18.8 Å². The fraction of sp³-hybridized carbons (Fsp3) is 0.217. The van der Waals surface area contributed by atoms with Gasteiger partial charge in [0.1, 0.15) is 11.6 Å². The van der Waals surface area contributed by atoms with Crippen LogP contribution in [0.15, 0.2) is 66.2 Å². The molecule has 30 heavy (non-hydrogen) atoms. The molecule has 0 radical (unpaired) electrons. The highest BCUT2D eigenvalue weighted by Crippen LogP contribution is 2.34. The van der Waals surface area contributed by atoms with Crippen LogP contribution in [0.1, 0.15) is 24.6 Å². The number of pyridine rings is 1. The Hall–Kier alpha value is -3.32. The van der Waals surface area contributed by atoms with Crippen molar-refractivity contribution in [1.82, 2.24) is 24.6 Å². The number of fused-ring (bicyclic) bond motifs is 2. The summed E-state index contributed by atoms with van der Waals surface area (Å²) in [6.45, 7) is 1.88. The summed E-state index contributed by atoms with van der Waals surface area (Å²) in [5.41, 5.74) is 1.91. The van der Waals surface area contributed by atoms with Gasteiger partial charge >= 0.3 is 0 Å². The van der Waals surface area contributed by atoms with Crippen LogP contribution in [-0.4, -0.2) is 37.7 Å². The van der Waals surface area contributed by atoms with Gasteiger partial charge in [-0.1, -0.05) is 24.3 Å². The van der Waals surface area contributed by atoms with Gasteiger partial charge < -0.3 is 4.90 Å². The van der Waals surface area contributed by atoms with Crippen molar-refractivity contribution >= 4 is 33.7 Å². The first-order chi connectivity index (χ1) is 14.9. The van der Waals surface area contributed by atoms with Crippen LogP contribution >= 0.6 is 11.3 Å². The zero-order valence-corrected chi connectivity index (χ0v) is 17.2. The highest BCUT2D eigenvalue weighted by molar-refractivity contribution is 7.13. The van der Waals surface area contributed by atoms with Crippen molar-refractivity contribution < 1.29 is 0 Å². The van der Waals surface area contributed by atoms with Crippen molar-refractivity contribution in [2.24, 2.45) is 0 Å². The largest absolute Gasteiger partial charge is 0.356 e. The number of rotatable bonds is 3. The van der Waals surface area contributed by atoms with Gasteiger partial charge in [0.2, 0.25) is 0 Å². The number of aromatic nitrogens is 5. The van der Waals surface area contributed by atoms with Crippen molar-refractivity contribution in [2.75, 3.05) is 18.0 Å². The lowest BCUT2D eigenvalue weighted by Gasteiger charge is -2.32. The minimum atomic E-state index is 0.406. The standard InChI is InChI=1S/C23H20N6S/c1-2-7-18-17(6-1)23(25-21(24-18)19-8-5-15-30-19)28-13-10-16(11-14-28)22-27-26-20-9-3-4-12-29(20)22/h1-9,12,15-16H,10-11,13-14H2.